The first kappa shape index (κ1) is 17.6. The highest BCUT2D eigenvalue weighted by atomic mass is 16.5. The van der Waals surface area contributed by atoms with Gasteiger partial charge in [0.15, 0.2) is 5.60 Å². The highest BCUT2D eigenvalue weighted by Gasteiger charge is 2.43. The minimum atomic E-state index is -1.04. The van der Waals surface area contributed by atoms with Crippen LogP contribution in [0.25, 0.3) is 0 Å². The third-order valence-corrected chi connectivity index (χ3v) is 4.43. The van der Waals surface area contributed by atoms with Crippen molar-refractivity contribution in [2.24, 2.45) is 0 Å². The van der Waals surface area contributed by atoms with Crippen molar-refractivity contribution < 1.29 is 19.1 Å². The molecule has 0 unspecified atom stereocenters. The molecule has 1 N–H and O–H groups in total. The summed E-state index contributed by atoms with van der Waals surface area (Å²) >= 11 is 0. The molecule has 2 saturated heterocycles. The lowest BCUT2D eigenvalue weighted by Crippen LogP contribution is -2.61. The molecule has 2 aliphatic rings. The van der Waals surface area contributed by atoms with Gasteiger partial charge in [0, 0.05) is 39.1 Å². The van der Waals surface area contributed by atoms with E-state index in [9.17, 15) is 9.59 Å². The summed E-state index contributed by atoms with van der Waals surface area (Å²) in [4.78, 5) is 37.0. The zero-order valence-corrected chi connectivity index (χ0v) is 14.5. The van der Waals surface area contributed by atoms with Gasteiger partial charge < -0.3 is 24.6 Å². The Morgan fingerprint density at radius 1 is 1.12 bits per heavy atom. The van der Waals surface area contributed by atoms with E-state index in [1.54, 1.807) is 23.8 Å². The van der Waals surface area contributed by atoms with Crippen LogP contribution in [-0.4, -0.2) is 90.2 Å². The molecule has 1 aromatic heterocycles. The van der Waals surface area contributed by atoms with E-state index in [4.69, 9.17) is 9.47 Å². The Kier molecular flexibility index (Phi) is 5.14. The van der Waals surface area contributed by atoms with Crippen LogP contribution in [0.15, 0.2) is 12.4 Å². The van der Waals surface area contributed by atoms with Crippen molar-refractivity contribution in [2.75, 3.05) is 58.4 Å². The normalized spacial score (nSPS) is 24.1. The molecule has 3 heterocycles. The summed E-state index contributed by atoms with van der Waals surface area (Å²) in [5, 5.41) is 2.81. The molecule has 0 saturated carbocycles. The minimum absolute atomic E-state index is 0.102. The molecule has 1 atom stereocenters. The molecule has 3 rings (SSSR count). The van der Waals surface area contributed by atoms with E-state index in [0.29, 0.717) is 51.0 Å². The van der Waals surface area contributed by atoms with Crippen LogP contribution < -0.4 is 5.32 Å². The molecule has 0 aromatic carbocycles. The van der Waals surface area contributed by atoms with Crippen LogP contribution in [0.1, 0.15) is 17.3 Å². The van der Waals surface area contributed by atoms with E-state index < -0.39 is 5.60 Å². The van der Waals surface area contributed by atoms with Crippen molar-refractivity contribution in [3.05, 3.63) is 18.0 Å². The molecule has 136 valence electrons. The summed E-state index contributed by atoms with van der Waals surface area (Å²) in [7, 11) is 1.71. The van der Waals surface area contributed by atoms with Crippen LogP contribution in [0.2, 0.25) is 0 Å². The monoisotopic (exact) mass is 349 g/mol. The molecule has 0 radical (unpaired) electrons. The van der Waals surface area contributed by atoms with Crippen LogP contribution in [0.4, 0.5) is 5.95 Å². The van der Waals surface area contributed by atoms with E-state index in [0.717, 1.165) is 0 Å². The number of rotatable bonds is 3. The zero-order chi connectivity index (χ0) is 17.9. The van der Waals surface area contributed by atoms with E-state index in [-0.39, 0.29) is 18.4 Å². The Morgan fingerprint density at radius 2 is 1.76 bits per heavy atom. The second-order valence-corrected chi connectivity index (χ2v) is 6.26. The fourth-order valence-corrected chi connectivity index (χ4v) is 3.02. The molecule has 0 spiro atoms. The topological polar surface area (TPSA) is 96.9 Å². The molecule has 9 nitrogen and oxygen atoms in total. The summed E-state index contributed by atoms with van der Waals surface area (Å²) in [5.41, 5.74) is -0.654. The average molecular weight is 349 g/mol. The number of anilines is 1. The quantitative estimate of drug-likeness (QED) is 0.794. The van der Waals surface area contributed by atoms with Crippen molar-refractivity contribution in [3.63, 3.8) is 0 Å². The third-order valence-electron chi connectivity index (χ3n) is 4.43. The molecular formula is C16H23N5O4. The second-order valence-electron chi connectivity index (χ2n) is 6.26. The predicted octanol–water partition coefficient (Wildman–Crippen LogP) is -0.392. The molecule has 9 heteroatoms. The molecule has 2 fully saturated rings. The maximum Gasteiger partial charge on any atom is 0.257 e. The number of hydrogen-bond donors (Lipinski definition) is 1. The number of carbonyl (C=O) groups excluding carboxylic acids is 2. The van der Waals surface area contributed by atoms with Gasteiger partial charge in [-0.1, -0.05) is 0 Å². The highest BCUT2D eigenvalue weighted by molar-refractivity contribution is 5.95. The molecular weight excluding hydrogens is 326 g/mol. The maximum absolute atomic E-state index is 12.8. The number of aromatic nitrogens is 2. The van der Waals surface area contributed by atoms with Crippen LogP contribution in [-0.2, 0) is 14.3 Å². The molecule has 25 heavy (non-hydrogen) atoms. The summed E-state index contributed by atoms with van der Waals surface area (Å²) in [6.07, 6.45) is 2.97. The Balaban J connectivity index is 1.70. The molecule has 2 aliphatic heterocycles. The van der Waals surface area contributed by atoms with Crippen molar-refractivity contribution in [1.29, 1.82) is 0 Å². The van der Waals surface area contributed by atoms with Gasteiger partial charge in [0.25, 0.3) is 11.8 Å². The smallest absolute Gasteiger partial charge is 0.257 e. The molecule has 0 aliphatic carbocycles. The maximum atomic E-state index is 12.8. The van der Waals surface area contributed by atoms with Gasteiger partial charge in [0.1, 0.15) is 0 Å². The predicted molar refractivity (Wildman–Crippen MR) is 89.2 cm³/mol. The molecule has 0 bridgehead atoms. The van der Waals surface area contributed by atoms with Crippen LogP contribution in [0, 0.1) is 0 Å². The Hall–Kier alpha value is -2.26. The highest BCUT2D eigenvalue weighted by Crippen LogP contribution is 2.22. The van der Waals surface area contributed by atoms with Gasteiger partial charge in [-0.2, -0.15) is 0 Å². The summed E-state index contributed by atoms with van der Waals surface area (Å²) in [6, 6.07) is 0. The fourth-order valence-electron chi connectivity index (χ4n) is 3.02. The minimum Gasteiger partial charge on any atom is -0.378 e. The number of nitrogens with one attached hydrogen (secondary N) is 1. The number of hydrogen-bond acceptors (Lipinski definition) is 7. The van der Waals surface area contributed by atoms with Crippen molar-refractivity contribution in [2.45, 2.75) is 12.5 Å². The van der Waals surface area contributed by atoms with Crippen molar-refractivity contribution >= 4 is 17.8 Å². The molecule has 1 aromatic rings. The van der Waals surface area contributed by atoms with Gasteiger partial charge in [-0.15, -0.1) is 0 Å². The lowest BCUT2D eigenvalue weighted by molar-refractivity contribution is -0.168. The lowest BCUT2D eigenvalue weighted by Gasteiger charge is -2.42. The van der Waals surface area contributed by atoms with Crippen LogP contribution >= 0.6 is 0 Å². The first-order valence-corrected chi connectivity index (χ1v) is 8.34. The van der Waals surface area contributed by atoms with E-state index in [1.165, 1.54) is 12.4 Å². The van der Waals surface area contributed by atoms with Gasteiger partial charge in [-0.3, -0.25) is 9.59 Å². The third kappa shape index (κ3) is 3.72. The van der Waals surface area contributed by atoms with Gasteiger partial charge >= 0.3 is 0 Å². The van der Waals surface area contributed by atoms with E-state index in [1.807, 2.05) is 0 Å². The largest absolute Gasteiger partial charge is 0.378 e. The number of ether oxygens (including phenoxy) is 2. The molecule has 2 amide bonds. The standard InChI is InChI=1S/C16H23N5O4/c1-16(14(23)20-3-6-24-7-4-20)11-21(5-8-25-16)13(22)12-9-18-15(17-2)19-10-12/h9-10H,3-8,11H2,1-2H3,(H,17,18,19)/t16-/m0/s1. The van der Waals surface area contributed by atoms with Crippen molar-refractivity contribution in [1.82, 2.24) is 19.8 Å². The van der Waals surface area contributed by atoms with Gasteiger partial charge in [-0.05, 0) is 6.92 Å². The average Bonchev–Trinajstić information content (AvgIpc) is 2.67. The Morgan fingerprint density at radius 3 is 2.40 bits per heavy atom. The first-order chi connectivity index (χ1) is 12.0. The SMILES string of the molecule is CNc1ncc(C(=O)N2CCO[C@](C)(C(=O)N3CCOCC3)C2)cn1. The lowest BCUT2D eigenvalue weighted by atomic mass is 10.0. The number of amides is 2. The fraction of sp³-hybridized carbons (Fsp3) is 0.625. The summed E-state index contributed by atoms with van der Waals surface area (Å²) in [6.45, 7) is 4.84. The summed E-state index contributed by atoms with van der Waals surface area (Å²) < 4.78 is 11.1. The van der Waals surface area contributed by atoms with E-state index in [2.05, 4.69) is 15.3 Å². The number of carbonyl (C=O) groups is 2. The van der Waals surface area contributed by atoms with Gasteiger partial charge in [-0.25, -0.2) is 9.97 Å². The van der Waals surface area contributed by atoms with Crippen LogP contribution in [0.3, 0.4) is 0 Å². The van der Waals surface area contributed by atoms with E-state index >= 15 is 0 Å². The first-order valence-electron chi connectivity index (χ1n) is 8.34. The summed E-state index contributed by atoms with van der Waals surface area (Å²) in [5.74, 6) is 0.146. The van der Waals surface area contributed by atoms with Gasteiger partial charge in [0.2, 0.25) is 5.95 Å². The van der Waals surface area contributed by atoms with Gasteiger partial charge in [0.05, 0.1) is 31.9 Å². The Bertz CT molecular complexity index is 632. The zero-order valence-electron chi connectivity index (χ0n) is 14.5. The number of morpholine rings is 2. The second kappa shape index (κ2) is 7.32. The Labute approximate surface area is 146 Å². The number of nitrogens with zero attached hydrogens (tertiary/aromatic N) is 4. The van der Waals surface area contributed by atoms with Crippen LogP contribution in [0.5, 0.6) is 0 Å². The van der Waals surface area contributed by atoms with Crippen molar-refractivity contribution in [3.8, 4) is 0 Å².